The van der Waals surface area contributed by atoms with E-state index < -0.39 is 40.4 Å². The van der Waals surface area contributed by atoms with Crippen molar-refractivity contribution in [3.63, 3.8) is 0 Å². The molecule has 0 unspecified atom stereocenters. The van der Waals surface area contributed by atoms with Crippen LogP contribution >= 0.6 is 0 Å². The van der Waals surface area contributed by atoms with Gasteiger partial charge in [0.25, 0.3) is 0 Å². The molecule has 0 fully saturated rings. The number of hydrogen-bond donors (Lipinski definition) is 0. The quantitative estimate of drug-likeness (QED) is 0.125. The Kier molecular flexibility index (Phi) is 4.85. The molecule has 0 saturated carbocycles. The SMILES string of the molecule is O=C(c1ccc(N2c3ccccc3Oc3ccccc32)cc1)c1c(F)c(F)c(F)c(F)c1F. The van der Waals surface area contributed by atoms with Crippen molar-refractivity contribution in [2.45, 2.75) is 0 Å². The number of carbonyl (C=O) groups is 1. The van der Waals surface area contributed by atoms with Gasteiger partial charge >= 0.3 is 0 Å². The van der Waals surface area contributed by atoms with E-state index in [2.05, 4.69) is 0 Å². The fourth-order valence-electron chi connectivity index (χ4n) is 3.69. The summed E-state index contributed by atoms with van der Waals surface area (Å²) in [5.41, 5.74) is 0.287. The highest BCUT2D eigenvalue weighted by molar-refractivity contribution is 6.09. The molecule has 0 bridgehead atoms. The Balaban J connectivity index is 1.57. The third-order valence-corrected chi connectivity index (χ3v) is 5.26. The first-order valence-electron chi connectivity index (χ1n) is 9.70. The lowest BCUT2D eigenvalue weighted by Crippen LogP contribution is -2.16. The number of benzene rings is 4. The van der Waals surface area contributed by atoms with Crippen molar-refractivity contribution in [3.8, 4) is 11.5 Å². The minimum Gasteiger partial charge on any atom is -0.453 e. The molecule has 0 atom stereocenters. The minimum atomic E-state index is -2.32. The smallest absolute Gasteiger partial charge is 0.200 e. The van der Waals surface area contributed by atoms with E-state index in [4.69, 9.17) is 4.74 Å². The topological polar surface area (TPSA) is 29.5 Å². The van der Waals surface area contributed by atoms with E-state index in [1.165, 1.54) is 24.3 Å². The Morgan fingerprint density at radius 3 is 1.58 bits per heavy atom. The fraction of sp³-hybridized carbons (Fsp3) is 0. The lowest BCUT2D eigenvalue weighted by atomic mass is 10.0. The molecule has 0 amide bonds. The Hall–Kier alpha value is -4.20. The molecular formula is C25H12F5NO2. The molecule has 0 N–H and O–H groups in total. The van der Waals surface area contributed by atoms with Crippen LogP contribution in [0.25, 0.3) is 0 Å². The largest absolute Gasteiger partial charge is 0.453 e. The summed E-state index contributed by atoms with van der Waals surface area (Å²) in [7, 11) is 0. The first kappa shape index (κ1) is 20.7. The predicted octanol–water partition coefficient (Wildman–Crippen LogP) is 7.19. The number of fused-ring (bicyclic) bond motifs is 2. The van der Waals surface area contributed by atoms with Gasteiger partial charge in [-0.25, -0.2) is 22.0 Å². The zero-order chi connectivity index (χ0) is 23.3. The molecule has 0 saturated heterocycles. The van der Waals surface area contributed by atoms with Crippen LogP contribution in [-0.2, 0) is 0 Å². The molecule has 5 rings (SSSR count). The van der Waals surface area contributed by atoms with Gasteiger partial charge in [0.2, 0.25) is 5.82 Å². The van der Waals surface area contributed by atoms with Gasteiger partial charge in [-0.2, -0.15) is 0 Å². The summed E-state index contributed by atoms with van der Waals surface area (Å²) in [6.07, 6.45) is 0. The van der Waals surface area contributed by atoms with Crippen LogP contribution in [0.5, 0.6) is 11.5 Å². The average Bonchev–Trinajstić information content (AvgIpc) is 2.85. The van der Waals surface area contributed by atoms with Gasteiger partial charge in [-0.3, -0.25) is 4.79 Å². The number of ether oxygens (including phenoxy) is 1. The predicted molar refractivity (Wildman–Crippen MR) is 111 cm³/mol. The molecule has 8 heteroatoms. The number of anilines is 3. The maximum atomic E-state index is 14.1. The molecule has 1 aliphatic heterocycles. The number of rotatable bonds is 3. The van der Waals surface area contributed by atoms with Gasteiger partial charge in [0.05, 0.1) is 11.4 Å². The highest BCUT2D eigenvalue weighted by atomic mass is 19.2. The first-order chi connectivity index (χ1) is 15.9. The van der Waals surface area contributed by atoms with Crippen LogP contribution in [-0.4, -0.2) is 5.78 Å². The monoisotopic (exact) mass is 453 g/mol. The van der Waals surface area contributed by atoms with Crippen molar-refractivity contribution in [3.05, 3.63) is 113 Å². The van der Waals surface area contributed by atoms with Gasteiger partial charge in [-0.15, -0.1) is 0 Å². The zero-order valence-electron chi connectivity index (χ0n) is 16.6. The molecule has 1 aliphatic rings. The third kappa shape index (κ3) is 3.22. The van der Waals surface area contributed by atoms with Gasteiger partial charge in [0, 0.05) is 11.3 Å². The van der Waals surface area contributed by atoms with Crippen LogP contribution in [0, 0.1) is 29.1 Å². The van der Waals surface area contributed by atoms with Gasteiger partial charge < -0.3 is 9.64 Å². The molecule has 0 aliphatic carbocycles. The van der Waals surface area contributed by atoms with Crippen molar-refractivity contribution in [2.75, 3.05) is 4.90 Å². The van der Waals surface area contributed by atoms with Gasteiger partial charge in [0.15, 0.2) is 40.6 Å². The van der Waals surface area contributed by atoms with E-state index in [1.807, 2.05) is 41.3 Å². The summed E-state index contributed by atoms with van der Waals surface area (Å²) >= 11 is 0. The van der Waals surface area contributed by atoms with Crippen molar-refractivity contribution < 1.29 is 31.5 Å². The maximum absolute atomic E-state index is 14.1. The molecule has 0 spiro atoms. The lowest BCUT2D eigenvalue weighted by molar-refractivity contribution is 0.102. The Morgan fingerprint density at radius 1 is 0.606 bits per heavy atom. The summed E-state index contributed by atoms with van der Waals surface area (Å²) in [5.74, 6) is -11.1. The van der Waals surface area contributed by atoms with Crippen LogP contribution in [0.1, 0.15) is 15.9 Å². The summed E-state index contributed by atoms with van der Waals surface area (Å²) in [5, 5.41) is 0. The Bertz CT molecular complexity index is 1340. The number of nitrogens with zero attached hydrogens (tertiary/aromatic N) is 1. The second-order valence-corrected chi connectivity index (χ2v) is 7.19. The molecular weight excluding hydrogens is 441 g/mol. The normalized spacial score (nSPS) is 12.1. The summed E-state index contributed by atoms with van der Waals surface area (Å²) in [6.45, 7) is 0. The van der Waals surface area contributed by atoms with E-state index in [9.17, 15) is 26.7 Å². The molecule has 0 aromatic heterocycles. The number of ketones is 1. The van der Waals surface area contributed by atoms with Crippen LogP contribution in [0.2, 0.25) is 0 Å². The highest BCUT2D eigenvalue weighted by Crippen LogP contribution is 2.49. The molecule has 33 heavy (non-hydrogen) atoms. The Morgan fingerprint density at radius 2 is 1.06 bits per heavy atom. The van der Waals surface area contributed by atoms with Gasteiger partial charge in [0.1, 0.15) is 5.56 Å². The Labute approximate surface area is 184 Å². The number of para-hydroxylation sites is 4. The molecule has 164 valence electrons. The second kappa shape index (κ2) is 7.74. The first-order valence-corrected chi connectivity index (χ1v) is 9.70. The van der Waals surface area contributed by atoms with Crippen molar-refractivity contribution in [2.24, 2.45) is 0 Å². The number of carbonyl (C=O) groups excluding carboxylic acids is 1. The van der Waals surface area contributed by atoms with E-state index in [0.29, 0.717) is 17.2 Å². The molecule has 3 nitrogen and oxygen atoms in total. The van der Waals surface area contributed by atoms with Crippen molar-refractivity contribution in [1.29, 1.82) is 0 Å². The van der Waals surface area contributed by atoms with Crippen molar-refractivity contribution >= 4 is 22.8 Å². The summed E-state index contributed by atoms with van der Waals surface area (Å²) < 4.78 is 74.5. The third-order valence-electron chi connectivity index (χ3n) is 5.26. The summed E-state index contributed by atoms with van der Waals surface area (Å²) in [6, 6.07) is 20.1. The molecule has 1 heterocycles. The standard InChI is InChI=1S/C25H12F5NO2/c26-20-19(21(27)23(29)24(30)22(20)28)25(32)13-9-11-14(12-10-13)31-15-5-1-3-7-17(15)33-18-8-4-2-6-16(18)31/h1-12H. The van der Waals surface area contributed by atoms with Gasteiger partial charge in [-0.05, 0) is 48.5 Å². The summed E-state index contributed by atoms with van der Waals surface area (Å²) in [4.78, 5) is 14.5. The fourth-order valence-corrected chi connectivity index (χ4v) is 3.69. The number of hydrogen-bond acceptors (Lipinski definition) is 3. The van der Waals surface area contributed by atoms with E-state index in [0.717, 1.165) is 11.4 Å². The van der Waals surface area contributed by atoms with Crippen LogP contribution in [0.15, 0.2) is 72.8 Å². The van der Waals surface area contributed by atoms with Crippen LogP contribution in [0.3, 0.4) is 0 Å². The average molecular weight is 453 g/mol. The zero-order valence-corrected chi connectivity index (χ0v) is 16.6. The second-order valence-electron chi connectivity index (χ2n) is 7.19. The molecule has 4 aromatic rings. The molecule has 4 aromatic carbocycles. The van der Waals surface area contributed by atoms with Crippen LogP contribution in [0.4, 0.5) is 39.0 Å². The lowest BCUT2D eigenvalue weighted by Gasteiger charge is -2.32. The van der Waals surface area contributed by atoms with E-state index in [1.54, 1.807) is 12.1 Å². The van der Waals surface area contributed by atoms with E-state index in [-0.39, 0.29) is 5.56 Å². The maximum Gasteiger partial charge on any atom is 0.200 e. The highest BCUT2D eigenvalue weighted by Gasteiger charge is 2.31. The van der Waals surface area contributed by atoms with Crippen molar-refractivity contribution in [1.82, 2.24) is 0 Å². The number of halogens is 5. The van der Waals surface area contributed by atoms with Crippen LogP contribution < -0.4 is 9.64 Å². The van der Waals surface area contributed by atoms with Gasteiger partial charge in [-0.1, -0.05) is 24.3 Å². The van der Waals surface area contributed by atoms with E-state index >= 15 is 0 Å². The minimum absolute atomic E-state index is 0.239. The molecule has 0 radical (unpaired) electrons.